The minimum atomic E-state index is -0.121. The Morgan fingerprint density at radius 3 is 2.23 bits per heavy atom. The maximum absolute atomic E-state index is 6.46. The molecule has 0 amide bonds. The average molecular weight is 400 g/mol. The summed E-state index contributed by atoms with van der Waals surface area (Å²) in [7, 11) is 0. The summed E-state index contributed by atoms with van der Waals surface area (Å²) in [6.07, 6.45) is -0.121. The largest absolute Gasteiger partial charge is 0.379 e. The molecule has 1 aromatic rings. The quantitative estimate of drug-likeness (QED) is 0.777. The lowest BCUT2D eigenvalue weighted by Gasteiger charge is -2.36. The first kappa shape index (κ1) is 18.5. The van der Waals surface area contributed by atoms with Gasteiger partial charge in [-0.2, -0.15) is 0 Å². The maximum atomic E-state index is 6.46. The summed E-state index contributed by atoms with van der Waals surface area (Å²) >= 11 is 12.9. The third kappa shape index (κ3) is 3.86. The fourth-order valence-corrected chi connectivity index (χ4v) is 4.34. The fraction of sp³-hybridized carbons (Fsp3) is 0.611. The number of rotatable bonds is 4. The van der Waals surface area contributed by atoms with E-state index in [1.807, 2.05) is 18.2 Å². The second kappa shape index (κ2) is 8.42. The number of hydrogen-bond acceptors (Lipinski definition) is 6. The predicted molar refractivity (Wildman–Crippen MR) is 101 cm³/mol. The topological polar surface area (TPSA) is 46.5 Å². The van der Waals surface area contributed by atoms with Crippen LogP contribution in [0.25, 0.3) is 0 Å². The third-order valence-corrected chi connectivity index (χ3v) is 5.77. The van der Waals surface area contributed by atoms with Gasteiger partial charge in [-0.1, -0.05) is 34.4 Å². The fourth-order valence-electron chi connectivity index (χ4n) is 3.75. The van der Waals surface area contributed by atoms with Crippen LogP contribution in [0.3, 0.4) is 0 Å². The Hall–Kier alpha value is -0.890. The third-order valence-electron chi connectivity index (χ3n) is 5.14. The maximum Gasteiger partial charge on any atom is 0.191 e. The molecular formula is C18H23Cl2N3O3. The Balaban J connectivity index is 1.61. The highest BCUT2D eigenvalue weighted by molar-refractivity contribution is 6.40. The van der Waals surface area contributed by atoms with Crippen molar-refractivity contribution in [3.05, 3.63) is 33.8 Å². The van der Waals surface area contributed by atoms with Gasteiger partial charge in [0.25, 0.3) is 0 Å². The van der Waals surface area contributed by atoms with E-state index in [4.69, 9.17) is 37.5 Å². The zero-order valence-electron chi connectivity index (χ0n) is 14.6. The van der Waals surface area contributed by atoms with E-state index >= 15 is 0 Å². The van der Waals surface area contributed by atoms with Crippen LogP contribution in [0.4, 0.5) is 0 Å². The smallest absolute Gasteiger partial charge is 0.191 e. The van der Waals surface area contributed by atoms with Crippen molar-refractivity contribution in [3.63, 3.8) is 0 Å². The van der Waals surface area contributed by atoms with Crippen molar-refractivity contribution in [3.8, 4) is 0 Å². The molecule has 0 bridgehead atoms. The monoisotopic (exact) mass is 399 g/mol. The van der Waals surface area contributed by atoms with Crippen LogP contribution in [0, 0.1) is 5.92 Å². The molecule has 142 valence electrons. The average Bonchev–Trinajstić information content (AvgIpc) is 3.06. The van der Waals surface area contributed by atoms with Crippen LogP contribution in [0.2, 0.25) is 10.0 Å². The van der Waals surface area contributed by atoms with Crippen LogP contribution in [0.1, 0.15) is 5.56 Å². The van der Waals surface area contributed by atoms with Crippen LogP contribution >= 0.6 is 23.2 Å². The normalized spacial score (nSPS) is 28.0. The van der Waals surface area contributed by atoms with E-state index in [1.54, 1.807) is 0 Å². The number of halogens is 2. The number of benzene rings is 1. The van der Waals surface area contributed by atoms with Crippen molar-refractivity contribution in [1.82, 2.24) is 9.80 Å². The van der Waals surface area contributed by atoms with Gasteiger partial charge in [-0.15, -0.1) is 0 Å². The summed E-state index contributed by atoms with van der Waals surface area (Å²) in [4.78, 5) is 10.6. The Morgan fingerprint density at radius 1 is 0.962 bits per heavy atom. The molecule has 0 N–H and O–H groups in total. The van der Waals surface area contributed by atoms with Crippen molar-refractivity contribution in [2.45, 2.75) is 6.23 Å². The number of morpholine rings is 2. The zero-order valence-corrected chi connectivity index (χ0v) is 16.1. The first-order chi connectivity index (χ1) is 12.7. The second-order valence-electron chi connectivity index (χ2n) is 6.74. The molecule has 0 saturated carbocycles. The number of hydrogen-bond donors (Lipinski definition) is 0. The molecule has 1 aromatic carbocycles. The molecule has 0 spiro atoms. The molecule has 3 heterocycles. The van der Waals surface area contributed by atoms with Gasteiger partial charge in [0.2, 0.25) is 0 Å². The number of oxime groups is 1. The summed E-state index contributed by atoms with van der Waals surface area (Å²) in [6.45, 7) is 7.28. The molecule has 3 aliphatic heterocycles. The Morgan fingerprint density at radius 2 is 1.58 bits per heavy atom. The van der Waals surface area contributed by atoms with Gasteiger partial charge in [-0.05, 0) is 12.1 Å². The highest BCUT2D eigenvalue weighted by Crippen LogP contribution is 2.34. The first-order valence-electron chi connectivity index (χ1n) is 9.04. The van der Waals surface area contributed by atoms with Crippen molar-refractivity contribution in [1.29, 1.82) is 0 Å². The lowest BCUT2D eigenvalue weighted by atomic mass is 9.93. The second-order valence-corrected chi connectivity index (χ2v) is 7.55. The molecule has 2 saturated heterocycles. The molecule has 0 aliphatic carbocycles. The minimum Gasteiger partial charge on any atom is -0.379 e. The Bertz CT molecular complexity index is 641. The lowest BCUT2D eigenvalue weighted by Crippen LogP contribution is -2.51. The van der Waals surface area contributed by atoms with Crippen molar-refractivity contribution in [2.75, 3.05) is 59.2 Å². The van der Waals surface area contributed by atoms with Gasteiger partial charge in [0, 0.05) is 38.3 Å². The van der Waals surface area contributed by atoms with E-state index in [1.165, 1.54) is 0 Å². The van der Waals surface area contributed by atoms with Crippen LogP contribution in [0.15, 0.2) is 23.4 Å². The van der Waals surface area contributed by atoms with Gasteiger partial charge in [0.05, 0.1) is 48.1 Å². The van der Waals surface area contributed by atoms with Crippen LogP contribution in [0.5, 0.6) is 0 Å². The molecular weight excluding hydrogens is 377 g/mol. The Kier molecular flexibility index (Phi) is 5.98. The molecule has 2 atom stereocenters. The number of ether oxygens (including phenoxy) is 2. The van der Waals surface area contributed by atoms with Gasteiger partial charge in [0.1, 0.15) is 0 Å². The Labute approximate surface area is 163 Å². The highest BCUT2D eigenvalue weighted by Gasteiger charge is 2.41. The molecule has 2 fully saturated rings. The minimum absolute atomic E-state index is 0.0728. The van der Waals surface area contributed by atoms with E-state index < -0.39 is 0 Å². The van der Waals surface area contributed by atoms with Gasteiger partial charge in [-0.25, -0.2) is 0 Å². The number of nitrogens with zero attached hydrogens (tertiary/aromatic N) is 3. The highest BCUT2D eigenvalue weighted by atomic mass is 35.5. The molecule has 6 nitrogen and oxygen atoms in total. The SMILES string of the molecule is Clc1cccc(Cl)c1C1=NO[C@H](N2CCOCC2)[C@H]1CN1CCOCC1. The first-order valence-corrected chi connectivity index (χ1v) is 9.79. The molecule has 4 rings (SSSR count). The summed E-state index contributed by atoms with van der Waals surface area (Å²) in [5.74, 6) is 0.0728. The summed E-state index contributed by atoms with van der Waals surface area (Å²) in [6, 6.07) is 5.54. The van der Waals surface area contributed by atoms with Gasteiger partial charge < -0.3 is 14.3 Å². The van der Waals surface area contributed by atoms with Crippen molar-refractivity contribution < 1.29 is 14.3 Å². The summed E-state index contributed by atoms with van der Waals surface area (Å²) in [5, 5.41) is 5.65. The predicted octanol–water partition coefficient (Wildman–Crippen LogP) is 2.33. The van der Waals surface area contributed by atoms with Crippen LogP contribution < -0.4 is 0 Å². The molecule has 0 radical (unpaired) electrons. The lowest BCUT2D eigenvalue weighted by molar-refractivity contribution is -0.102. The van der Waals surface area contributed by atoms with E-state index in [-0.39, 0.29) is 12.1 Å². The van der Waals surface area contributed by atoms with Gasteiger partial charge in [-0.3, -0.25) is 9.80 Å². The molecule has 8 heteroatoms. The van der Waals surface area contributed by atoms with Crippen LogP contribution in [-0.2, 0) is 14.3 Å². The van der Waals surface area contributed by atoms with Gasteiger partial charge >= 0.3 is 0 Å². The van der Waals surface area contributed by atoms with Gasteiger partial charge in [0.15, 0.2) is 6.23 Å². The molecule has 0 aromatic heterocycles. The van der Waals surface area contributed by atoms with E-state index in [0.717, 1.165) is 57.2 Å². The van der Waals surface area contributed by atoms with E-state index in [2.05, 4.69) is 15.0 Å². The zero-order chi connectivity index (χ0) is 17.9. The molecule has 0 unspecified atom stereocenters. The van der Waals surface area contributed by atoms with E-state index in [0.29, 0.717) is 23.3 Å². The van der Waals surface area contributed by atoms with E-state index in [9.17, 15) is 0 Å². The molecule has 26 heavy (non-hydrogen) atoms. The summed E-state index contributed by atoms with van der Waals surface area (Å²) < 4.78 is 11.0. The molecule has 3 aliphatic rings. The standard InChI is InChI=1S/C18H23Cl2N3O3/c19-14-2-1-3-15(20)16(14)17-13(12-22-4-8-24-9-5-22)18(26-21-17)23-6-10-25-11-7-23/h1-3,13,18H,4-12H2/t13-,18-/m0/s1. The summed E-state index contributed by atoms with van der Waals surface area (Å²) in [5.41, 5.74) is 1.62. The van der Waals surface area contributed by atoms with Crippen molar-refractivity contribution >= 4 is 28.9 Å². The van der Waals surface area contributed by atoms with Crippen LogP contribution in [-0.4, -0.2) is 80.9 Å². The van der Waals surface area contributed by atoms with Crippen molar-refractivity contribution in [2.24, 2.45) is 11.1 Å².